The standard InChI is InChI=1S/C27H33N3O2S.ClH/c1-31-23-12-6-5-11-22(23)30-17-15-29(16-18-30)14-8-7-13-26-28-27-21-10-4-3-9-20(21)24(32-2)19-25(27)33-26;/h3-6,9-12,24H,7-8,13-19H2,1-2H3;1H. The molecule has 1 aromatic heterocycles. The second-order valence-electron chi connectivity index (χ2n) is 8.85. The molecule has 34 heavy (non-hydrogen) atoms. The lowest BCUT2D eigenvalue weighted by Crippen LogP contribution is -2.46. The Bertz CT molecular complexity index is 1080. The molecule has 0 spiro atoms. The molecule has 1 unspecified atom stereocenters. The first-order chi connectivity index (χ1) is 16.3. The first kappa shape index (κ1) is 25.0. The van der Waals surface area contributed by atoms with Crippen molar-refractivity contribution < 1.29 is 9.47 Å². The maximum atomic E-state index is 5.76. The minimum atomic E-state index is 0. The molecule has 0 radical (unpaired) electrons. The summed E-state index contributed by atoms with van der Waals surface area (Å²) in [6, 6.07) is 16.9. The summed E-state index contributed by atoms with van der Waals surface area (Å²) in [6.45, 7) is 5.50. The molecule has 2 aromatic carbocycles. The minimum absolute atomic E-state index is 0. The van der Waals surface area contributed by atoms with Gasteiger partial charge in [-0.2, -0.15) is 0 Å². The highest BCUT2D eigenvalue weighted by atomic mass is 35.5. The predicted molar refractivity (Wildman–Crippen MR) is 143 cm³/mol. The zero-order chi connectivity index (χ0) is 22.6. The molecule has 2 aliphatic rings. The van der Waals surface area contributed by atoms with Gasteiger partial charge < -0.3 is 14.4 Å². The summed E-state index contributed by atoms with van der Waals surface area (Å²) >= 11 is 1.88. The van der Waals surface area contributed by atoms with E-state index in [1.54, 1.807) is 7.11 Å². The van der Waals surface area contributed by atoms with Crippen LogP contribution < -0.4 is 9.64 Å². The van der Waals surface area contributed by atoms with Crippen molar-refractivity contribution in [2.24, 2.45) is 0 Å². The number of piperazine rings is 1. The molecule has 7 heteroatoms. The second kappa shape index (κ2) is 11.5. The molecule has 1 aliphatic heterocycles. The van der Waals surface area contributed by atoms with E-state index in [9.17, 15) is 0 Å². The molecule has 1 aliphatic carbocycles. The Hall–Kier alpha value is -2.12. The van der Waals surface area contributed by atoms with Crippen LogP contribution >= 0.6 is 23.7 Å². The van der Waals surface area contributed by atoms with Crippen LogP contribution in [0, 0.1) is 0 Å². The monoisotopic (exact) mass is 499 g/mol. The van der Waals surface area contributed by atoms with Crippen molar-refractivity contribution in [1.29, 1.82) is 0 Å². The van der Waals surface area contributed by atoms with Gasteiger partial charge in [-0.05, 0) is 43.5 Å². The first-order valence-corrected chi connectivity index (χ1v) is 12.8. The smallest absolute Gasteiger partial charge is 0.142 e. The van der Waals surface area contributed by atoms with E-state index in [0.29, 0.717) is 0 Å². The molecule has 1 atom stereocenters. The topological polar surface area (TPSA) is 37.8 Å². The maximum Gasteiger partial charge on any atom is 0.142 e. The highest BCUT2D eigenvalue weighted by Crippen LogP contribution is 2.42. The molecule has 5 nitrogen and oxygen atoms in total. The molecule has 182 valence electrons. The third-order valence-corrected chi connectivity index (χ3v) is 8.01. The zero-order valence-corrected chi connectivity index (χ0v) is 21.7. The van der Waals surface area contributed by atoms with Crippen LogP contribution in [0.1, 0.15) is 34.4 Å². The number of ether oxygens (including phenoxy) is 2. The molecule has 0 amide bonds. The fraction of sp³-hybridized carbons (Fsp3) is 0.444. The van der Waals surface area contributed by atoms with Crippen molar-refractivity contribution in [3.05, 3.63) is 64.0 Å². The van der Waals surface area contributed by atoms with E-state index in [1.165, 1.54) is 51.8 Å². The van der Waals surface area contributed by atoms with Gasteiger partial charge in [0.05, 0.1) is 29.6 Å². The molecular formula is C27H34ClN3O2S. The number of thiazole rings is 1. The van der Waals surface area contributed by atoms with E-state index < -0.39 is 0 Å². The number of rotatable bonds is 8. The Morgan fingerprint density at radius 1 is 0.971 bits per heavy atom. The van der Waals surface area contributed by atoms with Crippen LogP contribution in [-0.4, -0.2) is 56.8 Å². The number of aryl methyl sites for hydroxylation is 1. The van der Waals surface area contributed by atoms with E-state index in [1.807, 2.05) is 30.6 Å². The van der Waals surface area contributed by atoms with Gasteiger partial charge in [-0.3, -0.25) is 4.90 Å². The van der Waals surface area contributed by atoms with Crippen LogP contribution in [0.4, 0.5) is 5.69 Å². The van der Waals surface area contributed by atoms with Gasteiger partial charge >= 0.3 is 0 Å². The fourth-order valence-electron chi connectivity index (χ4n) is 5.05. The number of nitrogens with zero attached hydrogens (tertiary/aromatic N) is 3. The molecule has 5 rings (SSSR count). The quantitative estimate of drug-likeness (QED) is 0.375. The van der Waals surface area contributed by atoms with Gasteiger partial charge in [0.1, 0.15) is 5.75 Å². The Morgan fingerprint density at radius 2 is 1.74 bits per heavy atom. The van der Waals surface area contributed by atoms with E-state index in [4.69, 9.17) is 14.5 Å². The Labute approximate surface area is 213 Å². The van der Waals surface area contributed by atoms with Gasteiger partial charge in [-0.15, -0.1) is 23.7 Å². The van der Waals surface area contributed by atoms with Gasteiger partial charge in [-0.1, -0.05) is 36.4 Å². The fourth-order valence-corrected chi connectivity index (χ4v) is 6.21. The number of benzene rings is 2. The largest absolute Gasteiger partial charge is 0.495 e. The molecule has 0 bridgehead atoms. The van der Waals surface area contributed by atoms with Crippen LogP contribution in [-0.2, 0) is 17.6 Å². The van der Waals surface area contributed by atoms with Gasteiger partial charge in [0.15, 0.2) is 0 Å². The van der Waals surface area contributed by atoms with Gasteiger partial charge in [0.2, 0.25) is 0 Å². The summed E-state index contributed by atoms with van der Waals surface area (Å²) in [5.74, 6) is 0.969. The molecule has 2 heterocycles. The Balaban J connectivity index is 0.00000274. The number of hydrogen-bond acceptors (Lipinski definition) is 6. The summed E-state index contributed by atoms with van der Waals surface area (Å²) in [4.78, 5) is 11.5. The van der Waals surface area contributed by atoms with Crippen LogP contribution in [0.25, 0.3) is 11.3 Å². The lowest BCUT2D eigenvalue weighted by molar-refractivity contribution is 0.103. The summed E-state index contributed by atoms with van der Waals surface area (Å²) in [6.07, 6.45) is 4.57. The van der Waals surface area contributed by atoms with Crippen molar-refractivity contribution >= 4 is 29.4 Å². The lowest BCUT2D eigenvalue weighted by Gasteiger charge is -2.36. The predicted octanol–water partition coefficient (Wildman–Crippen LogP) is 5.63. The highest BCUT2D eigenvalue weighted by Gasteiger charge is 2.27. The Morgan fingerprint density at radius 3 is 2.53 bits per heavy atom. The number of unbranched alkanes of at least 4 members (excludes halogenated alkanes) is 1. The van der Waals surface area contributed by atoms with Crippen LogP contribution in [0.2, 0.25) is 0 Å². The van der Waals surface area contributed by atoms with Gasteiger partial charge in [-0.25, -0.2) is 4.98 Å². The molecule has 1 fully saturated rings. The Kier molecular flexibility index (Phi) is 8.48. The average Bonchev–Trinajstić information content (AvgIpc) is 3.29. The molecule has 3 aromatic rings. The van der Waals surface area contributed by atoms with Crippen molar-refractivity contribution in [3.8, 4) is 17.0 Å². The van der Waals surface area contributed by atoms with E-state index in [2.05, 4.69) is 46.2 Å². The summed E-state index contributed by atoms with van der Waals surface area (Å²) in [5.41, 5.74) is 4.92. The SMILES string of the molecule is COc1ccccc1N1CCN(CCCCc2nc3c(s2)CC(OC)c2ccccc2-3)CC1.Cl. The maximum absolute atomic E-state index is 5.76. The van der Waals surface area contributed by atoms with Crippen molar-refractivity contribution in [2.45, 2.75) is 31.8 Å². The van der Waals surface area contributed by atoms with Crippen molar-refractivity contribution in [1.82, 2.24) is 9.88 Å². The number of hydrogen-bond donors (Lipinski definition) is 0. The normalized spacial score (nSPS) is 17.6. The summed E-state index contributed by atoms with van der Waals surface area (Å²) < 4.78 is 11.3. The average molecular weight is 500 g/mol. The van der Waals surface area contributed by atoms with Crippen LogP contribution in [0.5, 0.6) is 5.75 Å². The number of para-hydroxylation sites is 2. The molecule has 0 saturated carbocycles. The first-order valence-electron chi connectivity index (χ1n) is 12.0. The third-order valence-electron chi connectivity index (χ3n) is 6.87. The lowest BCUT2D eigenvalue weighted by atomic mass is 9.91. The number of anilines is 1. The molecular weight excluding hydrogens is 466 g/mol. The molecule has 1 saturated heterocycles. The van der Waals surface area contributed by atoms with E-state index in [0.717, 1.165) is 44.8 Å². The van der Waals surface area contributed by atoms with Crippen molar-refractivity contribution in [3.63, 3.8) is 0 Å². The minimum Gasteiger partial charge on any atom is -0.495 e. The second-order valence-corrected chi connectivity index (χ2v) is 10.0. The van der Waals surface area contributed by atoms with Crippen LogP contribution in [0.3, 0.4) is 0 Å². The van der Waals surface area contributed by atoms with Gasteiger partial charge in [0.25, 0.3) is 0 Å². The molecule has 0 N–H and O–H groups in total. The number of methoxy groups -OCH3 is 2. The van der Waals surface area contributed by atoms with Gasteiger partial charge in [0, 0.05) is 50.2 Å². The number of aromatic nitrogens is 1. The van der Waals surface area contributed by atoms with E-state index >= 15 is 0 Å². The summed E-state index contributed by atoms with van der Waals surface area (Å²) in [7, 11) is 3.56. The summed E-state index contributed by atoms with van der Waals surface area (Å²) in [5, 5.41) is 1.27. The zero-order valence-electron chi connectivity index (χ0n) is 20.0. The third kappa shape index (κ3) is 5.25. The van der Waals surface area contributed by atoms with E-state index in [-0.39, 0.29) is 18.5 Å². The van der Waals surface area contributed by atoms with Crippen LogP contribution in [0.15, 0.2) is 48.5 Å². The van der Waals surface area contributed by atoms with Crippen molar-refractivity contribution in [2.75, 3.05) is 51.8 Å². The number of fused-ring (bicyclic) bond motifs is 3. The number of halogens is 1. The highest BCUT2D eigenvalue weighted by molar-refractivity contribution is 7.12.